The molecule has 1 heterocycles. The van der Waals surface area contributed by atoms with Crippen LogP contribution in [0.5, 0.6) is 0 Å². The van der Waals surface area contributed by atoms with E-state index in [-0.39, 0.29) is 11.9 Å². The van der Waals surface area contributed by atoms with Crippen molar-refractivity contribution in [3.05, 3.63) is 53.2 Å². The predicted molar refractivity (Wildman–Crippen MR) is 107 cm³/mol. The van der Waals surface area contributed by atoms with Crippen LogP contribution in [0, 0.1) is 11.3 Å². The summed E-state index contributed by atoms with van der Waals surface area (Å²) in [5.41, 5.74) is 2.69. The molecule has 1 amide bonds. The van der Waals surface area contributed by atoms with Gasteiger partial charge >= 0.3 is 0 Å². The summed E-state index contributed by atoms with van der Waals surface area (Å²) in [6.07, 6.45) is 6.22. The van der Waals surface area contributed by atoms with E-state index in [1.807, 2.05) is 36.4 Å². The first-order valence-electron chi connectivity index (χ1n) is 9.36. The first kappa shape index (κ1) is 18.9. The molecule has 1 aromatic heterocycles. The molecule has 0 unspecified atom stereocenters. The van der Waals surface area contributed by atoms with Gasteiger partial charge in [0, 0.05) is 23.4 Å². The lowest BCUT2D eigenvalue weighted by Gasteiger charge is -2.37. The van der Waals surface area contributed by atoms with E-state index >= 15 is 0 Å². The number of carbonyl (C=O) groups excluding carboxylic acids is 1. The van der Waals surface area contributed by atoms with Gasteiger partial charge < -0.3 is 5.32 Å². The SMILES string of the molecule is CC(C)(C)[C@H]1CC[C@H](NC(=O)c2ccc(-c3ncccc3Cl)cc2)CC1. The summed E-state index contributed by atoms with van der Waals surface area (Å²) in [4.78, 5) is 16.9. The Morgan fingerprint density at radius 2 is 1.73 bits per heavy atom. The third-order valence-corrected chi connectivity index (χ3v) is 5.77. The van der Waals surface area contributed by atoms with Crippen molar-refractivity contribution in [1.29, 1.82) is 0 Å². The number of nitrogens with zero attached hydrogens (tertiary/aromatic N) is 1. The van der Waals surface area contributed by atoms with Gasteiger partial charge in [-0.05, 0) is 61.3 Å². The summed E-state index contributed by atoms with van der Waals surface area (Å²) < 4.78 is 0. The average Bonchev–Trinajstić information content (AvgIpc) is 2.62. The van der Waals surface area contributed by atoms with Crippen LogP contribution in [0.25, 0.3) is 11.3 Å². The lowest BCUT2D eigenvalue weighted by Crippen LogP contribution is -2.39. The quantitative estimate of drug-likeness (QED) is 0.748. The number of hydrogen-bond donors (Lipinski definition) is 1. The van der Waals surface area contributed by atoms with Crippen LogP contribution in [0.4, 0.5) is 0 Å². The summed E-state index contributed by atoms with van der Waals surface area (Å²) >= 11 is 6.19. The van der Waals surface area contributed by atoms with Crippen LogP contribution < -0.4 is 5.32 Å². The molecule has 26 heavy (non-hydrogen) atoms. The minimum Gasteiger partial charge on any atom is -0.349 e. The average molecular weight is 371 g/mol. The van der Waals surface area contributed by atoms with E-state index in [2.05, 4.69) is 31.1 Å². The maximum Gasteiger partial charge on any atom is 0.251 e. The summed E-state index contributed by atoms with van der Waals surface area (Å²) in [6, 6.07) is 11.4. The van der Waals surface area contributed by atoms with Crippen molar-refractivity contribution in [2.24, 2.45) is 11.3 Å². The molecule has 1 aliphatic rings. The highest BCUT2D eigenvalue weighted by Crippen LogP contribution is 2.37. The molecule has 138 valence electrons. The van der Waals surface area contributed by atoms with E-state index in [1.165, 1.54) is 12.8 Å². The largest absolute Gasteiger partial charge is 0.349 e. The van der Waals surface area contributed by atoms with Crippen molar-refractivity contribution < 1.29 is 4.79 Å². The molecule has 1 aromatic carbocycles. The molecule has 4 heteroatoms. The Labute approximate surface area is 161 Å². The first-order valence-corrected chi connectivity index (χ1v) is 9.74. The smallest absolute Gasteiger partial charge is 0.251 e. The Kier molecular flexibility index (Phi) is 5.67. The Bertz CT molecular complexity index is 756. The van der Waals surface area contributed by atoms with Crippen molar-refractivity contribution in [2.75, 3.05) is 0 Å². The monoisotopic (exact) mass is 370 g/mol. The molecule has 3 nitrogen and oxygen atoms in total. The molecule has 0 radical (unpaired) electrons. The van der Waals surface area contributed by atoms with Gasteiger partial charge in [0.25, 0.3) is 5.91 Å². The Morgan fingerprint density at radius 1 is 1.08 bits per heavy atom. The maximum absolute atomic E-state index is 12.6. The number of hydrogen-bond acceptors (Lipinski definition) is 2. The molecule has 0 bridgehead atoms. The molecule has 0 atom stereocenters. The minimum absolute atomic E-state index is 0.00266. The van der Waals surface area contributed by atoms with Crippen LogP contribution in [-0.4, -0.2) is 16.9 Å². The fraction of sp³-hybridized carbons (Fsp3) is 0.455. The molecule has 1 fully saturated rings. The minimum atomic E-state index is 0.00266. The highest BCUT2D eigenvalue weighted by Gasteiger charge is 2.30. The molecule has 0 saturated heterocycles. The van der Waals surface area contributed by atoms with Gasteiger partial charge in [-0.1, -0.05) is 44.5 Å². The topological polar surface area (TPSA) is 42.0 Å². The van der Waals surface area contributed by atoms with Crippen LogP contribution in [0.1, 0.15) is 56.8 Å². The van der Waals surface area contributed by atoms with E-state index < -0.39 is 0 Å². The van der Waals surface area contributed by atoms with Crippen LogP contribution in [0.15, 0.2) is 42.6 Å². The van der Waals surface area contributed by atoms with Crippen molar-refractivity contribution in [2.45, 2.75) is 52.5 Å². The second-order valence-corrected chi connectivity index (χ2v) is 8.71. The zero-order valence-corrected chi connectivity index (χ0v) is 16.5. The lowest BCUT2D eigenvalue weighted by atomic mass is 9.71. The van der Waals surface area contributed by atoms with Crippen LogP contribution in [-0.2, 0) is 0 Å². The summed E-state index contributed by atoms with van der Waals surface area (Å²) in [5, 5.41) is 3.81. The summed E-state index contributed by atoms with van der Waals surface area (Å²) in [6.45, 7) is 6.93. The van der Waals surface area contributed by atoms with Crippen molar-refractivity contribution in [1.82, 2.24) is 10.3 Å². The van der Waals surface area contributed by atoms with Crippen LogP contribution in [0.2, 0.25) is 5.02 Å². The van der Waals surface area contributed by atoms with Crippen molar-refractivity contribution >= 4 is 17.5 Å². The van der Waals surface area contributed by atoms with Gasteiger partial charge in [0.05, 0.1) is 10.7 Å². The maximum atomic E-state index is 12.6. The van der Waals surface area contributed by atoms with Crippen LogP contribution >= 0.6 is 11.6 Å². The molecule has 0 spiro atoms. The number of rotatable bonds is 3. The van der Waals surface area contributed by atoms with E-state index in [4.69, 9.17) is 11.6 Å². The van der Waals surface area contributed by atoms with Gasteiger partial charge in [0.2, 0.25) is 0 Å². The number of pyridine rings is 1. The second-order valence-electron chi connectivity index (χ2n) is 8.30. The highest BCUT2D eigenvalue weighted by molar-refractivity contribution is 6.33. The first-order chi connectivity index (χ1) is 12.3. The molecule has 1 aliphatic carbocycles. The van der Waals surface area contributed by atoms with E-state index in [1.54, 1.807) is 6.20 Å². The van der Waals surface area contributed by atoms with Gasteiger partial charge in [0.15, 0.2) is 0 Å². The second kappa shape index (κ2) is 7.79. The van der Waals surface area contributed by atoms with E-state index in [9.17, 15) is 4.79 Å². The predicted octanol–water partition coefficient (Wildman–Crippen LogP) is 5.74. The van der Waals surface area contributed by atoms with Crippen molar-refractivity contribution in [3.63, 3.8) is 0 Å². The van der Waals surface area contributed by atoms with Crippen molar-refractivity contribution in [3.8, 4) is 11.3 Å². The molecule has 1 N–H and O–H groups in total. The van der Waals surface area contributed by atoms with Gasteiger partial charge in [-0.2, -0.15) is 0 Å². The number of carbonyl (C=O) groups is 1. The Hall–Kier alpha value is -1.87. The fourth-order valence-electron chi connectivity index (χ4n) is 3.75. The zero-order chi connectivity index (χ0) is 18.7. The number of aromatic nitrogens is 1. The highest BCUT2D eigenvalue weighted by atomic mass is 35.5. The number of halogens is 1. The number of nitrogens with one attached hydrogen (secondary N) is 1. The zero-order valence-electron chi connectivity index (χ0n) is 15.8. The van der Waals surface area contributed by atoms with Gasteiger partial charge in [-0.25, -0.2) is 0 Å². The lowest BCUT2D eigenvalue weighted by molar-refractivity contribution is 0.0904. The summed E-state index contributed by atoms with van der Waals surface area (Å²) in [5.74, 6) is 0.751. The standard InChI is InChI=1S/C22H27ClN2O/c1-22(2,3)17-10-12-18(13-11-17)25-21(26)16-8-6-15(7-9-16)20-19(23)5-4-14-24-20/h4-9,14,17-18H,10-13H2,1-3H3,(H,25,26)/t17-,18-. The molecular formula is C22H27ClN2O. The Balaban J connectivity index is 1.60. The third kappa shape index (κ3) is 4.45. The molecular weight excluding hydrogens is 344 g/mol. The Morgan fingerprint density at radius 3 is 2.31 bits per heavy atom. The molecule has 3 rings (SSSR count). The van der Waals surface area contributed by atoms with Gasteiger partial charge in [-0.15, -0.1) is 0 Å². The van der Waals surface area contributed by atoms with Crippen LogP contribution in [0.3, 0.4) is 0 Å². The third-order valence-electron chi connectivity index (χ3n) is 5.47. The molecule has 1 saturated carbocycles. The van der Waals surface area contributed by atoms with E-state index in [0.717, 1.165) is 30.0 Å². The summed E-state index contributed by atoms with van der Waals surface area (Å²) in [7, 11) is 0. The van der Waals surface area contributed by atoms with Gasteiger partial charge in [0.1, 0.15) is 0 Å². The van der Waals surface area contributed by atoms with E-state index in [0.29, 0.717) is 16.0 Å². The molecule has 2 aromatic rings. The number of benzene rings is 1. The molecule has 0 aliphatic heterocycles. The fourth-order valence-corrected chi connectivity index (χ4v) is 3.98. The van der Waals surface area contributed by atoms with Gasteiger partial charge in [-0.3, -0.25) is 9.78 Å². The normalized spacial score (nSPS) is 20.6. The number of amides is 1.